The van der Waals surface area contributed by atoms with Crippen molar-refractivity contribution < 1.29 is 14.3 Å². The summed E-state index contributed by atoms with van der Waals surface area (Å²) < 4.78 is 5.72. The Balaban J connectivity index is 1.71. The molecule has 1 heterocycles. The number of carbonyl (C=O) groups is 2. The van der Waals surface area contributed by atoms with E-state index in [9.17, 15) is 9.59 Å². The molecule has 0 spiro atoms. The van der Waals surface area contributed by atoms with Gasteiger partial charge in [0, 0.05) is 29.4 Å². The molecule has 1 atom stereocenters. The highest BCUT2D eigenvalue weighted by Crippen LogP contribution is 2.18. The van der Waals surface area contributed by atoms with Crippen molar-refractivity contribution in [2.45, 2.75) is 32.9 Å². The number of thiophene rings is 1. The highest BCUT2D eigenvalue weighted by atomic mass is 32.1. The van der Waals surface area contributed by atoms with E-state index in [4.69, 9.17) is 4.74 Å². The van der Waals surface area contributed by atoms with E-state index in [1.165, 1.54) is 11.8 Å². The lowest BCUT2D eigenvalue weighted by atomic mass is 10.1. The quantitative estimate of drug-likeness (QED) is 0.470. The van der Waals surface area contributed by atoms with Crippen LogP contribution < -0.4 is 4.74 Å². The van der Waals surface area contributed by atoms with E-state index in [0.29, 0.717) is 17.9 Å². The van der Waals surface area contributed by atoms with Crippen LogP contribution >= 0.6 is 11.3 Å². The van der Waals surface area contributed by atoms with Crippen LogP contribution in [0.5, 0.6) is 5.75 Å². The molecule has 2 aromatic carbocycles. The summed E-state index contributed by atoms with van der Waals surface area (Å²) in [5.41, 5.74) is 1.65. The second-order valence-corrected chi connectivity index (χ2v) is 8.04. The van der Waals surface area contributed by atoms with E-state index in [-0.39, 0.29) is 24.3 Å². The van der Waals surface area contributed by atoms with Gasteiger partial charge in [0.05, 0.1) is 0 Å². The van der Waals surface area contributed by atoms with Gasteiger partial charge in [0.15, 0.2) is 12.4 Å². The first-order chi connectivity index (χ1) is 14.0. The maximum atomic E-state index is 13.0. The number of benzene rings is 2. The third kappa shape index (κ3) is 6.03. The Bertz CT molecular complexity index is 938. The van der Waals surface area contributed by atoms with Gasteiger partial charge in [-0.3, -0.25) is 9.59 Å². The van der Waals surface area contributed by atoms with Gasteiger partial charge < -0.3 is 9.64 Å². The zero-order valence-corrected chi connectivity index (χ0v) is 17.5. The minimum Gasteiger partial charge on any atom is -0.484 e. The van der Waals surface area contributed by atoms with E-state index in [2.05, 4.69) is 18.4 Å². The summed E-state index contributed by atoms with van der Waals surface area (Å²) >= 11 is 1.70. The maximum absolute atomic E-state index is 13.0. The smallest absolute Gasteiger partial charge is 0.261 e. The number of nitrogens with zero attached hydrogens (tertiary/aromatic N) is 1. The monoisotopic (exact) mass is 407 g/mol. The van der Waals surface area contributed by atoms with E-state index in [1.807, 2.05) is 41.3 Å². The van der Waals surface area contributed by atoms with Crippen molar-refractivity contribution in [2.75, 3.05) is 6.61 Å². The minimum atomic E-state index is -0.0777. The molecule has 0 N–H and O–H groups in total. The molecule has 0 radical (unpaired) electrons. The predicted octanol–water partition coefficient (Wildman–Crippen LogP) is 4.99. The highest BCUT2D eigenvalue weighted by Gasteiger charge is 2.22. The van der Waals surface area contributed by atoms with Gasteiger partial charge in [0.25, 0.3) is 5.91 Å². The predicted molar refractivity (Wildman–Crippen MR) is 116 cm³/mol. The molecule has 1 aromatic heterocycles. The number of hydrogen-bond acceptors (Lipinski definition) is 4. The summed E-state index contributed by atoms with van der Waals surface area (Å²) in [6.45, 7) is 4.04. The van der Waals surface area contributed by atoms with Gasteiger partial charge in [-0.1, -0.05) is 48.5 Å². The lowest BCUT2D eigenvalue weighted by Crippen LogP contribution is -2.41. The standard InChI is InChI=1S/C24H25NO3S/c1-18(14-23-12-7-13-29-23)25(16-20-8-4-3-5-9-20)24(27)17-28-22-11-6-10-21(15-22)19(2)26/h3-13,15,18H,14,16-17H2,1-2H3/t18-/m1/s1. The van der Waals surface area contributed by atoms with E-state index < -0.39 is 0 Å². The van der Waals surface area contributed by atoms with Gasteiger partial charge in [-0.05, 0) is 43.0 Å². The fourth-order valence-corrected chi connectivity index (χ4v) is 3.96. The number of carbonyl (C=O) groups excluding carboxylic acids is 2. The number of Topliss-reactive ketones (excluding diaryl/α,β-unsaturated/α-hetero) is 1. The van der Waals surface area contributed by atoms with Crippen molar-refractivity contribution >= 4 is 23.0 Å². The summed E-state index contributed by atoms with van der Waals surface area (Å²) in [5, 5.41) is 2.05. The fraction of sp³-hybridized carbons (Fsp3) is 0.250. The van der Waals surface area contributed by atoms with Crippen LogP contribution in [-0.4, -0.2) is 29.2 Å². The second-order valence-electron chi connectivity index (χ2n) is 7.01. The number of ether oxygens (including phenoxy) is 1. The van der Waals surface area contributed by atoms with Crippen molar-refractivity contribution in [1.82, 2.24) is 4.90 Å². The van der Waals surface area contributed by atoms with Gasteiger partial charge in [-0.2, -0.15) is 0 Å². The minimum absolute atomic E-state index is 0.0305. The van der Waals surface area contributed by atoms with Crippen molar-refractivity contribution in [2.24, 2.45) is 0 Å². The molecule has 150 valence electrons. The number of ketones is 1. The van der Waals surface area contributed by atoms with Crippen LogP contribution in [0.2, 0.25) is 0 Å². The average molecular weight is 408 g/mol. The molecule has 3 rings (SSSR count). The van der Waals surface area contributed by atoms with Gasteiger partial charge in [-0.25, -0.2) is 0 Å². The molecule has 0 bridgehead atoms. The molecule has 0 fully saturated rings. The molecule has 0 aliphatic rings. The first kappa shape index (κ1) is 20.8. The molecule has 0 aliphatic carbocycles. The van der Waals surface area contributed by atoms with E-state index >= 15 is 0 Å². The molecular formula is C24H25NO3S. The van der Waals surface area contributed by atoms with Gasteiger partial charge in [0.1, 0.15) is 5.75 Å². The van der Waals surface area contributed by atoms with Crippen LogP contribution in [0.1, 0.15) is 34.6 Å². The van der Waals surface area contributed by atoms with Gasteiger partial charge in [-0.15, -0.1) is 11.3 Å². The largest absolute Gasteiger partial charge is 0.484 e. The van der Waals surface area contributed by atoms with Crippen molar-refractivity contribution in [3.8, 4) is 5.75 Å². The fourth-order valence-electron chi connectivity index (χ4n) is 3.13. The zero-order chi connectivity index (χ0) is 20.6. The lowest BCUT2D eigenvalue weighted by molar-refractivity contribution is -0.136. The second kappa shape index (κ2) is 10.0. The maximum Gasteiger partial charge on any atom is 0.261 e. The molecule has 3 aromatic rings. The van der Waals surface area contributed by atoms with Crippen LogP contribution in [0.3, 0.4) is 0 Å². The molecule has 0 saturated carbocycles. The molecule has 5 heteroatoms. The summed E-state index contributed by atoms with van der Waals surface area (Å²) in [6, 6.07) is 21.1. The molecule has 0 saturated heterocycles. The summed E-state index contributed by atoms with van der Waals surface area (Å²) in [6.07, 6.45) is 0.802. The Morgan fingerprint density at radius 3 is 2.52 bits per heavy atom. The average Bonchev–Trinajstić information content (AvgIpc) is 3.24. The molecular weight excluding hydrogens is 382 g/mol. The van der Waals surface area contributed by atoms with Crippen LogP contribution in [-0.2, 0) is 17.8 Å². The first-order valence-corrected chi connectivity index (χ1v) is 10.5. The van der Waals surface area contributed by atoms with Crippen molar-refractivity contribution in [3.63, 3.8) is 0 Å². The Morgan fingerprint density at radius 2 is 1.83 bits per heavy atom. The van der Waals surface area contributed by atoms with E-state index in [1.54, 1.807) is 35.6 Å². The molecule has 0 unspecified atom stereocenters. The van der Waals surface area contributed by atoms with Crippen molar-refractivity contribution in [3.05, 3.63) is 88.1 Å². The summed E-state index contributed by atoms with van der Waals surface area (Å²) in [4.78, 5) is 27.7. The Kier molecular flexibility index (Phi) is 7.19. The highest BCUT2D eigenvalue weighted by molar-refractivity contribution is 7.09. The Morgan fingerprint density at radius 1 is 1.03 bits per heavy atom. The molecule has 29 heavy (non-hydrogen) atoms. The van der Waals surface area contributed by atoms with Crippen molar-refractivity contribution in [1.29, 1.82) is 0 Å². The molecule has 4 nitrogen and oxygen atoms in total. The lowest BCUT2D eigenvalue weighted by Gasteiger charge is -2.29. The first-order valence-electron chi connectivity index (χ1n) is 9.62. The zero-order valence-electron chi connectivity index (χ0n) is 16.7. The number of amides is 1. The van der Waals surface area contributed by atoms with Crippen LogP contribution in [0.25, 0.3) is 0 Å². The molecule has 1 amide bonds. The topological polar surface area (TPSA) is 46.6 Å². The van der Waals surface area contributed by atoms with Gasteiger partial charge in [0.2, 0.25) is 0 Å². The summed E-state index contributed by atoms with van der Waals surface area (Å²) in [7, 11) is 0. The number of rotatable bonds is 9. The normalized spacial score (nSPS) is 11.7. The summed E-state index contributed by atoms with van der Waals surface area (Å²) in [5.74, 6) is 0.416. The van der Waals surface area contributed by atoms with E-state index in [0.717, 1.165) is 12.0 Å². The van der Waals surface area contributed by atoms with Gasteiger partial charge >= 0.3 is 0 Å². The van der Waals surface area contributed by atoms with Crippen LogP contribution in [0.15, 0.2) is 72.1 Å². The third-order valence-electron chi connectivity index (χ3n) is 4.73. The molecule has 0 aliphatic heterocycles. The van der Waals surface area contributed by atoms with Crippen LogP contribution in [0.4, 0.5) is 0 Å². The van der Waals surface area contributed by atoms with Crippen LogP contribution in [0, 0.1) is 0 Å². The SMILES string of the molecule is CC(=O)c1cccc(OCC(=O)N(Cc2ccccc2)[C@H](C)Cc2cccs2)c1. The Hall–Kier alpha value is -2.92. The Labute approximate surface area is 175 Å². The number of hydrogen-bond donors (Lipinski definition) is 0. The third-order valence-corrected chi connectivity index (χ3v) is 5.63.